The number of benzene rings is 1. The highest BCUT2D eigenvalue weighted by Gasteiger charge is 2.33. The van der Waals surface area contributed by atoms with Crippen molar-refractivity contribution < 1.29 is 19.6 Å². The van der Waals surface area contributed by atoms with Crippen LogP contribution in [0.25, 0.3) is 5.57 Å². The fourth-order valence-corrected chi connectivity index (χ4v) is 4.13. The molecule has 1 amide bonds. The quantitative estimate of drug-likeness (QED) is 0.632. The lowest BCUT2D eigenvalue weighted by atomic mass is 10.1. The molecule has 1 saturated heterocycles. The number of H-pyrrole nitrogens is 1. The Bertz CT molecular complexity index is 1040. The number of hydrogen-bond donors (Lipinski definition) is 3. The predicted molar refractivity (Wildman–Crippen MR) is 117 cm³/mol. The number of halogens is 1. The minimum Gasteiger partial charge on any atom is -0.486 e. The fourth-order valence-electron chi connectivity index (χ4n) is 3.91. The van der Waals surface area contributed by atoms with Crippen molar-refractivity contribution in [2.45, 2.75) is 32.5 Å². The normalized spacial score (nSPS) is 21.1. The van der Waals surface area contributed by atoms with Crippen LogP contribution in [0, 0.1) is 6.92 Å². The summed E-state index contributed by atoms with van der Waals surface area (Å²) in [4.78, 5) is 22.8. The van der Waals surface area contributed by atoms with Crippen LogP contribution in [-0.2, 0) is 6.42 Å². The molecule has 0 unspecified atom stereocenters. The first-order chi connectivity index (χ1) is 14.9. The number of nitrogens with one attached hydrogen (secondary N) is 2. The highest BCUT2D eigenvalue weighted by atomic mass is 35.5. The molecule has 0 bridgehead atoms. The molecule has 1 fully saturated rings. The molecule has 0 aliphatic carbocycles. The van der Waals surface area contributed by atoms with E-state index < -0.39 is 12.2 Å². The van der Waals surface area contributed by atoms with Crippen LogP contribution >= 0.6 is 11.6 Å². The van der Waals surface area contributed by atoms with Gasteiger partial charge in [-0.3, -0.25) is 4.79 Å². The highest BCUT2D eigenvalue weighted by Crippen LogP contribution is 2.28. The molecule has 2 aromatic rings. The Morgan fingerprint density at radius 2 is 2.16 bits per heavy atom. The number of aromatic nitrogens is 2. The van der Waals surface area contributed by atoms with Crippen molar-refractivity contribution in [3.8, 4) is 5.75 Å². The molecule has 0 radical (unpaired) electrons. The third-order valence-corrected chi connectivity index (χ3v) is 6.18. The summed E-state index contributed by atoms with van der Waals surface area (Å²) in [6.45, 7) is 5.50. The van der Waals surface area contributed by atoms with Crippen LogP contribution in [0.5, 0.6) is 5.75 Å². The van der Waals surface area contributed by atoms with E-state index in [1.54, 1.807) is 23.1 Å². The number of amides is 1. The van der Waals surface area contributed by atoms with E-state index in [2.05, 4.69) is 15.3 Å². The van der Waals surface area contributed by atoms with Gasteiger partial charge in [-0.05, 0) is 17.1 Å². The molecular weight excluding hydrogens is 418 g/mol. The third-order valence-electron chi connectivity index (χ3n) is 5.68. The Balaban J connectivity index is 1.55. The monoisotopic (exact) mass is 444 g/mol. The molecule has 2 aliphatic rings. The number of rotatable bonds is 5. The van der Waals surface area contributed by atoms with E-state index in [-0.39, 0.29) is 5.91 Å². The highest BCUT2D eigenvalue weighted by molar-refractivity contribution is 6.31. The van der Waals surface area contributed by atoms with E-state index in [0.29, 0.717) is 54.0 Å². The Morgan fingerprint density at radius 3 is 2.87 bits per heavy atom. The van der Waals surface area contributed by atoms with E-state index in [4.69, 9.17) is 22.1 Å². The molecule has 5 N–H and O–H groups in total. The Kier molecular flexibility index (Phi) is 6.13. The maximum atomic E-state index is 13.3. The second-order valence-electron chi connectivity index (χ2n) is 7.86. The Hall–Kier alpha value is -2.68. The summed E-state index contributed by atoms with van der Waals surface area (Å²) in [5, 5.41) is 13.7. The van der Waals surface area contributed by atoms with Gasteiger partial charge in [-0.25, -0.2) is 4.98 Å². The van der Waals surface area contributed by atoms with Gasteiger partial charge in [-0.1, -0.05) is 30.7 Å². The molecule has 1 aromatic heterocycles. The molecule has 164 valence electrons. The first-order valence-electron chi connectivity index (χ1n) is 10.4. The van der Waals surface area contributed by atoms with Gasteiger partial charge in [-0.15, -0.1) is 0 Å². The molecule has 2 atom stereocenters. The van der Waals surface area contributed by atoms with E-state index in [1.807, 2.05) is 19.9 Å². The number of aryl methyl sites for hydroxylation is 2. The van der Waals surface area contributed by atoms with Crippen molar-refractivity contribution in [3.05, 3.63) is 57.8 Å². The maximum Gasteiger partial charge on any atom is 0.328 e. The van der Waals surface area contributed by atoms with Crippen LogP contribution in [0.4, 0.5) is 0 Å². The maximum absolute atomic E-state index is 13.3. The number of carbonyl (C=O) groups is 1. The van der Waals surface area contributed by atoms with Gasteiger partial charge in [0.2, 0.25) is 0 Å². The number of para-hydroxylation sites is 1. The van der Waals surface area contributed by atoms with Crippen LogP contribution < -0.4 is 20.8 Å². The Morgan fingerprint density at radius 1 is 1.39 bits per heavy atom. The summed E-state index contributed by atoms with van der Waals surface area (Å²) in [5.74, 6) is 0.902. The van der Waals surface area contributed by atoms with Gasteiger partial charge in [-0.2, -0.15) is 0 Å². The average molecular weight is 445 g/mol. The number of aliphatic hydroxyl groups is 1. The molecule has 9 heteroatoms. The van der Waals surface area contributed by atoms with Crippen molar-refractivity contribution in [2.75, 3.05) is 26.2 Å². The van der Waals surface area contributed by atoms with Gasteiger partial charge in [0.05, 0.1) is 24.2 Å². The summed E-state index contributed by atoms with van der Waals surface area (Å²) in [7, 11) is 0. The van der Waals surface area contributed by atoms with Gasteiger partial charge in [0.25, 0.3) is 5.91 Å². The SMILES string of the molecule is CCc1[nH+]c(C2=C(N)CN(C(=O)c3ccccc3O[C@H]3CNC[C@@H]3O)C2)nc(C)c1Cl. The second kappa shape index (κ2) is 8.82. The van der Waals surface area contributed by atoms with Crippen LogP contribution in [0.3, 0.4) is 0 Å². The fraction of sp³-hybridized carbons (Fsp3) is 0.409. The van der Waals surface area contributed by atoms with Crippen molar-refractivity contribution in [3.63, 3.8) is 0 Å². The summed E-state index contributed by atoms with van der Waals surface area (Å²) >= 11 is 6.32. The number of nitrogens with zero attached hydrogens (tertiary/aromatic N) is 2. The molecule has 31 heavy (non-hydrogen) atoms. The molecular formula is C22H27ClN5O3+. The summed E-state index contributed by atoms with van der Waals surface area (Å²) in [5.41, 5.74) is 9.73. The molecule has 3 heterocycles. The second-order valence-corrected chi connectivity index (χ2v) is 8.24. The minimum absolute atomic E-state index is 0.185. The molecule has 2 aliphatic heterocycles. The van der Waals surface area contributed by atoms with Crippen LogP contribution in [0.15, 0.2) is 30.0 Å². The van der Waals surface area contributed by atoms with Crippen LogP contribution in [-0.4, -0.2) is 59.3 Å². The summed E-state index contributed by atoms with van der Waals surface area (Å²) < 4.78 is 5.96. The number of aromatic amines is 1. The zero-order valence-corrected chi connectivity index (χ0v) is 18.4. The standard InChI is InChI=1S/C22H26ClN5O3/c1-3-16-20(23)12(2)26-21(27-16)14-10-28(11-15(14)24)22(30)13-6-4-5-7-18(13)31-19-9-25-8-17(19)29/h4-7,17,19,25,29H,3,8-11,24H2,1-2H3/p+1/t17-,19-/m0/s1. The summed E-state index contributed by atoms with van der Waals surface area (Å²) in [6.07, 6.45) is -0.270. The van der Waals surface area contributed by atoms with E-state index in [1.165, 1.54) is 0 Å². The van der Waals surface area contributed by atoms with Gasteiger partial charge in [0.1, 0.15) is 28.7 Å². The van der Waals surface area contributed by atoms with Gasteiger partial charge >= 0.3 is 5.82 Å². The van der Waals surface area contributed by atoms with Crippen molar-refractivity contribution in [1.82, 2.24) is 15.2 Å². The van der Waals surface area contributed by atoms with Gasteiger partial charge in [0.15, 0.2) is 5.69 Å². The Labute approximate surface area is 186 Å². The largest absolute Gasteiger partial charge is 0.486 e. The number of hydrogen-bond acceptors (Lipinski definition) is 6. The number of ether oxygens (including phenoxy) is 1. The van der Waals surface area contributed by atoms with E-state index >= 15 is 0 Å². The number of nitrogens with two attached hydrogens (primary N) is 1. The molecule has 1 aromatic carbocycles. The summed E-state index contributed by atoms with van der Waals surface area (Å²) in [6, 6.07) is 7.08. The lowest BCUT2D eigenvalue weighted by Gasteiger charge is -2.21. The molecule has 0 spiro atoms. The third kappa shape index (κ3) is 4.23. The number of aliphatic hydroxyl groups excluding tert-OH is 1. The van der Waals surface area contributed by atoms with Crippen LogP contribution in [0.2, 0.25) is 5.02 Å². The van der Waals surface area contributed by atoms with E-state index in [0.717, 1.165) is 23.4 Å². The van der Waals surface area contributed by atoms with E-state index in [9.17, 15) is 9.90 Å². The van der Waals surface area contributed by atoms with Crippen molar-refractivity contribution in [2.24, 2.45) is 5.73 Å². The zero-order chi connectivity index (χ0) is 22.1. The predicted octanol–water partition coefficient (Wildman–Crippen LogP) is 0.957. The average Bonchev–Trinajstić information content (AvgIpc) is 3.35. The first kappa shape index (κ1) is 21.5. The lowest BCUT2D eigenvalue weighted by molar-refractivity contribution is -0.398. The van der Waals surface area contributed by atoms with Gasteiger partial charge < -0.3 is 25.8 Å². The van der Waals surface area contributed by atoms with Crippen LogP contribution in [0.1, 0.15) is 34.5 Å². The molecule has 8 nitrogen and oxygen atoms in total. The number of β-amino-alcohol motifs (C(OH)–C–C–N with tert-alkyl or cyclic N) is 1. The number of carbonyl (C=O) groups excluding carboxylic acids is 1. The van der Waals surface area contributed by atoms with Crippen molar-refractivity contribution >= 4 is 23.1 Å². The molecule has 4 rings (SSSR count). The lowest BCUT2D eigenvalue weighted by Crippen LogP contribution is -2.33. The minimum atomic E-state index is -0.610. The van der Waals surface area contributed by atoms with Gasteiger partial charge in [0, 0.05) is 32.1 Å². The molecule has 0 saturated carbocycles. The zero-order valence-electron chi connectivity index (χ0n) is 17.6. The topological polar surface area (TPSA) is 115 Å². The van der Waals surface area contributed by atoms with Crippen molar-refractivity contribution in [1.29, 1.82) is 0 Å². The smallest absolute Gasteiger partial charge is 0.328 e. The first-order valence-corrected chi connectivity index (χ1v) is 10.8.